The van der Waals surface area contributed by atoms with Crippen molar-refractivity contribution in [3.63, 3.8) is 0 Å². The van der Waals surface area contributed by atoms with Crippen LogP contribution in [0.15, 0.2) is 0 Å². The molecule has 0 aromatic carbocycles. The molecule has 33 heavy (non-hydrogen) atoms. The van der Waals surface area contributed by atoms with Crippen LogP contribution in [0.3, 0.4) is 0 Å². The lowest BCUT2D eigenvalue weighted by Crippen LogP contribution is -2.53. The number of aryl methyl sites for hydroxylation is 1. The summed E-state index contributed by atoms with van der Waals surface area (Å²) in [5.41, 5.74) is 7.68. The lowest BCUT2D eigenvalue weighted by Gasteiger charge is -2.42. The molecule has 0 radical (unpaired) electrons. The highest BCUT2D eigenvalue weighted by atomic mass is 16.5. The van der Waals surface area contributed by atoms with Gasteiger partial charge in [0.15, 0.2) is 17.0 Å². The van der Waals surface area contributed by atoms with Gasteiger partial charge < -0.3 is 20.1 Å². The van der Waals surface area contributed by atoms with Gasteiger partial charge in [0.25, 0.3) is 6.01 Å². The second-order valence-corrected chi connectivity index (χ2v) is 10.1. The van der Waals surface area contributed by atoms with Gasteiger partial charge in [0, 0.05) is 38.3 Å². The SMILES string of the molecule is CCC[C@H](C)Oc1nc(N)c2nc(OC)n(CCCCCN3CCN(C(C)(C)C)CC3)c2n1. The number of ether oxygens (including phenoxy) is 2. The fourth-order valence-corrected chi connectivity index (χ4v) is 4.46. The van der Waals surface area contributed by atoms with Crippen molar-refractivity contribution < 1.29 is 9.47 Å². The summed E-state index contributed by atoms with van der Waals surface area (Å²) in [5, 5.41) is 0. The molecule has 0 bridgehead atoms. The molecule has 3 rings (SSSR count). The minimum absolute atomic E-state index is 0.0374. The Hall–Kier alpha value is -2.13. The molecule has 9 nitrogen and oxygen atoms in total. The topological polar surface area (TPSA) is 94.6 Å². The van der Waals surface area contributed by atoms with Gasteiger partial charge in [-0.05, 0) is 53.5 Å². The highest BCUT2D eigenvalue weighted by Crippen LogP contribution is 2.26. The van der Waals surface area contributed by atoms with Crippen LogP contribution in [0.1, 0.15) is 66.7 Å². The molecule has 1 fully saturated rings. The Labute approximate surface area is 198 Å². The van der Waals surface area contributed by atoms with Gasteiger partial charge in [-0.25, -0.2) is 0 Å². The molecule has 0 spiro atoms. The van der Waals surface area contributed by atoms with Crippen molar-refractivity contribution >= 4 is 17.0 Å². The number of nitrogens with zero attached hydrogens (tertiary/aromatic N) is 6. The number of hydrogen-bond donors (Lipinski definition) is 1. The van der Waals surface area contributed by atoms with Crippen LogP contribution < -0.4 is 15.2 Å². The van der Waals surface area contributed by atoms with Crippen molar-refractivity contribution in [1.82, 2.24) is 29.3 Å². The zero-order valence-corrected chi connectivity index (χ0v) is 21.4. The maximum Gasteiger partial charge on any atom is 0.320 e. The molecule has 0 amide bonds. The molecule has 3 heterocycles. The Bertz CT molecular complexity index is 885. The van der Waals surface area contributed by atoms with E-state index in [2.05, 4.69) is 52.4 Å². The third-order valence-corrected chi connectivity index (χ3v) is 6.43. The normalized spacial score (nSPS) is 16.9. The quantitative estimate of drug-likeness (QED) is 0.508. The largest absolute Gasteiger partial charge is 0.468 e. The lowest BCUT2D eigenvalue weighted by molar-refractivity contribution is 0.0616. The van der Waals surface area contributed by atoms with Gasteiger partial charge in [0.1, 0.15) is 0 Å². The number of aromatic nitrogens is 4. The molecular formula is C24H43N7O2. The standard InChI is InChI=1S/C24H43N7O2/c1-7-11-18(2)33-22-27-20(25)19-21(28-22)31(23(26-19)32-6)13-10-8-9-12-29-14-16-30(17-15-29)24(3,4)5/h18H,7-17H2,1-6H3,(H2,25,27,28)/t18-/m0/s1. The molecule has 1 saturated heterocycles. The molecule has 0 aliphatic carbocycles. The minimum Gasteiger partial charge on any atom is -0.468 e. The van der Waals surface area contributed by atoms with Crippen molar-refractivity contribution in [2.24, 2.45) is 0 Å². The summed E-state index contributed by atoms with van der Waals surface area (Å²) in [6.07, 6.45) is 5.36. The second-order valence-electron chi connectivity index (χ2n) is 10.1. The van der Waals surface area contributed by atoms with E-state index in [9.17, 15) is 0 Å². The maximum absolute atomic E-state index is 6.17. The first-order valence-electron chi connectivity index (χ1n) is 12.4. The van der Waals surface area contributed by atoms with Crippen LogP contribution in [-0.2, 0) is 6.54 Å². The van der Waals surface area contributed by atoms with E-state index < -0.39 is 0 Å². The monoisotopic (exact) mass is 461 g/mol. The molecule has 0 saturated carbocycles. The lowest BCUT2D eigenvalue weighted by atomic mass is 10.0. The number of piperazine rings is 1. The van der Waals surface area contributed by atoms with Crippen molar-refractivity contribution in [2.45, 2.75) is 84.9 Å². The molecular weight excluding hydrogens is 418 g/mol. The van der Waals surface area contributed by atoms with Gasteiger partial charge in [-0.3, -0.25) is 9.47 Å². The zero-order chi connectivity index (χ0) is 24.0. The van der Waals surface area contributed by atoms with Crippen LogP contribution in [0, 0.1) is 0 Å². The third kappa shape index (κ3) is 6.69. The van der Waals surface area contributed by atoms with E-state index in [0.29, 0.717) is 29.0 Å². The summed E-state index contributed by atoms with van der Waals surface area (Å²) in [5.74, 6) is 0.324. The number of methoxy groups -OCH3 is 1. The van der Waals surface area contributed by atoms with Crippen LogP contribution in [0.4, 0.5) is 5.82 Å². The first kappa shape index (κ1) is 25.5. The number of anilines is 1. The number of unbranched alkanes of at least 4 members (excludes halogenated alkanes) is 2. The zero-order valence-electron chi connectivity index (χ0n) is 21.4. The van der Waals surface area contributed by atoms with Gasteiger partial charge in [0.2, 0.25) is 0 Å². The molecule has 1 aliphatic rings. The Morgan fingerprint density at radius 1 is 1.00 bits per heavy atom. The van der Waals surface area contributed by atoms with Crippen molar-refractivity contribution in [2.75, 3.05) is 45.6 Å². The van der Waals surface area contributed by atoms with E-state index in [1.54, 1.807) is 7.11 Å². The number of imidazole rings is 1. The Balaban J connectivity index is 1.54. The summed E-state index contributed by atoms with van der Waals surface area (Å²) >= 11 is 0. The highest BCUT2D eigenvalue weighted by molar-refractivity contribution is 5.83. The van der Waals surface area contributed by atoms with Gasteiger partial charge in [0.05, 0.1) is 13.2 Å². The van der Waals surface area contributed by atoms with E-state index in [1.807, 2.05) is 11.5 Å². The molecule has 2 aromatic rings. The molecule has 0 unspecified atom stereocenters. The Morgan fingerprint density at radius 2 is 1.70 bits per heavy atom. The summed E-state index contributed by atoms with van der Waals surface area (Å²) in [6, 6.07) is 0.821. The first-order valence-corrected chi connectivity index (χ1v) is 12.4. The Kier molecular flexibility index (Phi) is 8.75. The number of hydrogen-bond acceptors (Lipinski definition) is 8. The summed E-state index contributed by atoms with van der Waals surface area (Å²) in [7, 11) is 1.62. The third-order valence-electron chi connectivity index (χ3n) is 6.43. The van der Waals surface area contributed by atoms with Crippen LogP contribution in [0.5, 0.6) is 12.0 Å². The summed E-state index contributed by atoms with van der Waals surface area (Å²) < 4.78 is 13.4. The van der Waals surface area contributed by atoms with Crippen LogP contribution in [0.2, 0.25) is 0 Å². The number of fused-ring (bicyclic) bond motifs is 1. The summed E-state index contributed by atoms with van der Waals surface area (Å²) in [6.45, 7) is 17.6. The number of rotatable bonds is 11. The predicted molar refractivity (Wildman–Crippen MR) is 133 cm³/mol. The molecule has 9 heteroatoms. The van der Waals surface area contributed by atoms with E-state index in [1.165, 1.54) is 6.42 Å². The highest BCUT2D eigenvalue weighted by Gasteiger charge is 2.25. The van der Waals surface area contributed by atoms with E-state index >= 15 is 0 Å². The van der Waals surface area contributed by atoms with E-state index in [0.717, 1.165) is 65.0 Å². The predicted octanol–water partition coefficient (Wildman–Crippen LogP) is 3.57. The first-order chi connectivity index (χ1) is 15.7. The van der Waals surface area contributed by atoms with Crippen molar-refractivity contribution in [1.29, 1.82) is 0 Å². The van der Waals surface area contributed by atoms with Crippen molar-refractivity contribution in [3.8, 4) is 12.0 Å². The fourth-order valence-electron chi connectivity index (χ4n) is 4.46. The molecule has 1 aliphatic heterocycles. The van der Waals surface area contributed by atoms with Crippen LogP contribution in [0.25, 0.3) is 11.2 Å². The van der Waals surface area contributed by atoms with E-state index in [4.69, 9.17) is 15.2 Å². The van der Waals surface area contributed by atoms with Crippen LogP contribution >= 0.6 is 0 Å². The van der Waals surface area contributed by atoms with Gasteiger partial charge in [-0.1, -0.05) is 19.8 Å². The average molecular weight is 462 g/mol. The van der Waals surface area contributed by atoms with Crippen LogP contribution in [-0.4, -0.2) is 80.8 Å². The Morgan fingerprint density at radius 3 is 2.33 bits per heavy atom. The maximum atomic E-state index is 6.17. The molecule has 186 valence electrons. The van der Waals surface area contributed by atoms with Crippen molar-refractivity contribution in [3.05, 3.63) is 0 Å². The number of nitrogens with two attached hydrogens (primary N) is 1. The number of nitrogen functional groups attached to an aromatic ring is 1. The van der Waals surface area contributed by atoms with E-state index in [-0.39, 0.29) is 11.6 Å². The minimum atomic E-state index is 0.0374. The van der Waals surface area contributed by atoms with Gasteiger partial charge in [-0.15, -0.1) is 0 Å². The second kappa shape index (κ2) is 11.3. The smallest absolute Gasteiger partial charge is 0.320 e. The molecule has 2 aromatic heterocycles. The molecule has 1 atom stereocenters. The fraction of sp³-hybridized carbons (Fsp3) is 0.792. The molecule has 2 N–H and O–H groups in total. The average Bonchev–Trinajstić information content (AvgIpc) is 3.11. The summed E-state index contributed by atoms with van der Waals surface area (Å²) in [4.78, 5) is 18.6. The van der Waals surface area contributed by atoms with Gasteiger partial charge in [-0.2, -0.15) is 15.0 Å². The van der Waals surface area contributed by atoms with Gasteiger partial charge >= 0.3 is 6.01 Å².